The molecule has 186 valence electrons. The molecule has 1 N–H and O–H groups in total. The van der Waals surface area contributed by atoms with E-state index in [-0.39, 0.29) is 0 Å². The summed E-state index contributed by atoms with van der Waals surface area (Å²) in [6, 6.07) is 19.1. The SMILES string of the molecule is COc1ccc(CN2CCC(c3nccc4cnc(Nc5ccc(S(C)(=O)=O)cc5)cc34)CC2)cc1. The number of likely N-dealkylation sites (tertiary alicyclic amines) is 1. The third kappa shape index (κ3) is 5.50. The molecule has 2 aromatic carbocycles. The summed E-state index contributed by atoms with van der Waals surface area (Å²) in [4.78, 5) is 12.1. The molecule has 0 spiro atoms. The highest BCUT2D eigenvalue weighted by Crippen LogP contribution is 2.33. The number of anilines is 2. The van der Waals surface area contributed by atoms with Crippen LogP contribution in [-0.2, 0) is 16.4 Å². The highest BCUT2D eigenvalue weighted by atomic mass is 32.2. The number of rotatable bonds is 7. The van der Waals surface area contributed by atoms with Gasteiger partial charge in [-0.25, -0.2) is 13.4 Å². The monoisotopic (exact) mass is 502 g/mol. The third-order valence-electron chi connectivity index (χ3n) is 6.77. The number of hydrogen-bond acceptors (Lipinski definition) is 7. The van der Waals surface area contributed by atoms with Gasteiger partial charge in [-0.2, -0.15) is 0 Å². The van der Waals surface area contributed by atoms with Gasteiger partial charge >= 0.3 is 0 Å². The summed E-state index contributed by atoms with van der Waals surface area (Å²) in [5.41, 5.74) is 3.20. The Labute approximate surface area is 212 Å². The molecule has 1 aliphatic rings. The summed E-state index contributed by atoms with van der Waals surface area (Å²) < 4.78 is 28.7. The fraction of sp³-hybridized carbons (Fsp3) is 0.286. The summed E-state index contributed by atoms with van der Waals surface area (Å²) in [5, 5.41) is 5.47. The number of aromatic nitrogens is 2. The Bertz CT molecular complexity index is 1450. The minimum absolute atomic E-state index is 0.296. The van der Waals surface area contributed by atoms with Crippen molar-refractivity contribution in [2.24, 2.45) is 0 Å². The molecule has 3 heterocycles. The molecule has 2 aromatic heterocycles. The summed E-state index contributed by atoms with van der Waals surface area (Å²) >= 11 is 0. The number of nitrogens with one attached hydrogen (secondary N) is 1. The van der Waals surface area contributed by atoms with Crippen molar-refractivity contribution in [1.82, 2.24) is 14.9 Å². The van der Waals surface area contributed by atoms with Gasteiger partial charge in [0.2, 0.25) is 0 Å². The summed E-state index contributed by atoms with van der Waals surface area (Å²) in [5.74, 6) is 1.99. The minimum atomic E-state index is -3.22. The van der Waals surface area contributed by atoms with Crippen LogP contribution in [0.15, 0.2) is 78.0 Å². The quantitative estimate of drug-likeness (QED) is 0.373. The predicted octanol–water partition coefficient (Wildman–Crippen LogP) is 5.17. The van der Waals surface area contributed by atoms with Gasteiger partial charge in [-0.05, 0) is 80.0 Å². The number of benzene rings is 2. The van der Waals surface area contributed by atoms with Crippen LogP contribution in [0.25, 0.3) is 10.8 Å². The average molecular weight is 503 g/mol. The van der Waals surface area contributed by atoms with Gasteiger partial charge in [-0.15, -0.1) is 0 Å². The molecular formula is C28H30N4O3S. The van der Waals surface area contributed by atoms with E-state index >= 15 is 0 Å². The normalized spacial score (nSPS) is 15.2. The lowest BCUT2D eigenvalue weighted by molar-refractivity contribution is 0.203. The van der Waals surface area contributed by atoms with E-state index in [0.29, 0.717) is 16.6 Å². The van der Waals surface area contributed by atoms with Crippen LogP contribution < -0.4 is 10.1 Å². The molecule has 1 saturated heterocycles. The first-order chi connectivity index (χ1) is 17.4. The maximum absolute atomic E-state index is 11.7. The lowest BCUT2D eigenvalue weighted by Crippen LogP contribution is -2.32. The second-order valence-electron chi connectivity index (χ2n) is 9.31. The van der Waals surface area contributed by atoms with Gasteiger partial charge in [0.15, 0.2) is 9.84 Å². The van der Waals surface area contributed by atoms with Crippen molar-refractivity contribution in [3.8, 4) is 5.75 Å². The molecule has 8 heteroatoms. The number of fused-ring (bicyclic) bond motifs is 1. The van der Waals surface area contributed by atoms with Crippen molar-refractivity contribution in [3.63, 3.8) is 0 Å². The van der Waals surface area contributed by atoms with Crippen LogP contribution in [0.3, 0.4) is 0 Å². The molecule has 4 aromatic rings. The van der Waals surface area contributed by atoms with E-state index in [4.69, 9.17) is 9.72 Å². The topological polar surface area (TPSA) is 84.4 Å². The Morgan fingerprint density at radius 3 is 2.39 bits per heavy atom. The molecule has 0 aliphatic carbocycles. The van der Waals surface area contributed by atoms with Gasteiger partial charge in [0.05, 0.1) is 17.7 Å². The first-order valence-corrected chi connectivity index (χ1v) is 14.0. The molecule has 0 amide bonds. The van der Waals surface area contributed by atoms with Crippen LogP contribution in [-0.4, -0.2) is 49.7 Å². The van der Waals surface area contributed by atoms with Gasteiger partial charge in [0, 0.05) is 47.6 Å². The van der Waals surface area contributed by atoms with Gasteiger partial charge in [-0.3, -0.25) is 9.88 Å². The van der Waals surface area contributed by atoms with Gasteiger partial charge < -0.3 is 10.1 Å². The smallest absolute Gasteiger partial charge is 0.175 e. The number of methoxy groups -OCH3 is 1. The van der Waals surface area contributed by atoms with Crippen LogP contribution in [0.4, 0.5) is 11.5 Å². The standard InChI is InChI=1S/C28H30N4O3S/c1-35-24-7-3-20(4-8-24)19-32-15-12-21(13-16-32)28-26-17-27(30-18-22(26)11-14-29-28)31-23-5-9-25(10-6-23)36(2,33)34/h3-11,14,17-18,21H,12-13,15-16,19H2,1-2H3,(H,30,31). The fourth-order valence-corrected chi connectivity index (χ4v) is 5.40. The molecule has 7 nitrogen and oxygen atoms in total. The molecule has 36 heavy (non-hydrogen) atoms. The molecular weight excluding hydrogens is 472 g/mol. The van der Waals surface area contributed by atoms with Crippen LogP contribution >= 0.6 is 0 Å². The molecule has 0 atom stereocenters. The number of nitrogens with zero attached hydrogens (tertiary/aromatic N) is 3. The number of pyridine rings is 2. The molecule has 0 bridgehead atoms. The summed E-state index contributed by atoms with van der Waals surface area (Å²) in [7, 11) is -1.54. The first-order valence-electron chi connectivity index (χ1n) is 12.1. The summed E-state index contributed by atoms with van der Waals surface area (Å²) in [6.07, 6.45) is 7.06. The Morgan fingerprint density at radius 2 is 1.72 bits per heavy atom. The number of sulfone groups is 1. The zero-order valence-corrected chi connectivity index (χ0v) is 21.3. The molecule has 0 radical (unpaired) electrons. The zero-order chi connectivity index (χ0) is 25.1. The highest BCUT2D eigenvalue weighted by Gasteiger charge is 2.23. The first kappa shape index (κ1) is 24.2. The van der Waals surface area contributed by atoms with Crippen LogP contribution in [0.5, 0.6) is 5.75 Å². The van der Waals surface area contributed by atoms with Crippen LogP contribution in [0, 0.1) is 0 Å². The molecule has 1 aliphatic heterocycles. The van der Waals surface area contributed by atoms with Crippen molar-refractivity contribution in [2.45, 2.75) is 30.2 Å². The van der Waals surface area contributed by atoms with E-state index in [2.05, 4.69) is 27.3 Å². The van der Waals surface area contributed by atoms with E-state index < -0.39 is 9.84 Å². The predicted molar refractivity (Wildman–Crippen MR) is 143 cm³/mol. The van der Waals surface area contributed by atoms with Crippen molar-refractivity contribution in [1.29, 1.82) is 0 Å². The average Bonchev–Trinajstić information content (AvgIpc) is 2.89. The Morgan fingerprint density at radius 1 is 1.00 bits per heavy atom. The van der Waals surface area contributed by atoms with Crippen molar-refractivity contribution in [3.05, 3.63) is 84.3 Å². The second kappa shape index (κ2) is 10.2. The van der Waals surface area contributed by atoms with Gasteiger partial charge in [0.1, 0.15) is 11.6 Å². The number of piperidine rings is 1. The Hall–Kier alpha value is -3.49. The largest absolute Gasteiger partial charge is 0.497 e. The van der Waals surface area contributed by atoms with Crippen LogP contribution in [0.2, 0.25) is 0 Å². The van der Waals surface area contributed by atoms with E-state index in [0.717, 1.165) is 60.4 Å². The fourth-order valence-electron chi connectivity index (χ4n) is 4.77. The van der Waals surface area contributed by atoms with Crippen LogP contribution in [0.1, 0.15) is 30.0 Å². The summed E-state index contributed by atoms with van der Waals surface area (Å²) in [6.45, 7) is 2.99. The van der Waals surface area contributed by atoms with E-state index in [1.165, 1.54) is 11.8 Å². The maximum atomic E-state index is 11.7. The highest BCUT2D eigenvalue weighted by molar-refractivity contribution is 7.90. The van der Waals surface area contributed by atoms with Crippen molar-refractivity contribution >= 4 is 32.1 Å². The Kier molecular flexibility index (Phi) is 6.89. The third-order valence-corrected chi connectivity index (χ3v) is 7.90. The van der Waals surface area contributed by atoms with Crippen molar-refractivity contribution < 1.29 is 13.2 Å². The van der Waals surface area contributed by atoms with E-state index in [1.54, 1.807) is 31.4 Å². The maximum Gasteiger partial charge on any atom is 0.175 e. The lowest BCUT2D eigenvalue weighted by Gasteiger charge is -2.32. The zero-order valence-electron chi connectivity index (χ0n) is 20.5. The number of ether oxygens (including phenoxy) is 1. The molecule has 1 fully saturated rings. The molecule has 0 unspecified atom stereocenters. The number of hydrogen-bond donors (Lipinski definition) is 1. The van der Waals surface area contributed by atoms with Gasteiger partial charge in [-0.1, -0.05) is 12.1 Å². The molecule has 0 saturated carbocycles. The minimum Gasteiger partial charge on any atom is -0.497 e. The second-order valence-corrected chi connectivity index (χ2v) is 11.3. The lowest BCUT2D eigenvalue weighted by atomic mass is 9.90. The van der Waals surface area contributed by atoms with E-state index in [9.17, 15) is 8.42 Å². The van der Waals surface area contributed by atoms with Gasteiger partial charge in [0.25, 0.3) is 0 Å². The Balaban J connectivity index is 1.29. The van der Waals surface area contributed by atoms with E-state index in [1.807, 2.05) is 36.7 Å². The molecule has 5 rings (SSSR count). The van der Waals surface area contributed by atoms with Crippen molar-refractivity contribution in [2.75, 3.05) is 31.8 Å².